The predicted octanol–water partition coefficient (Wildman–Crippen LogP) is 3.23. The Labute approximate surface area is 177 Å². The van der Waals surface area contributed by atoms with Gasteiger partial charge in [-0.2, -0.15) is 4.31 Å². The average molecular weight is 451 g/mol. The molecule has 3 aromatic heterocycles. The van der Waals surface area contributed by atoms with Crippen LogP contribution in [-0.2, 0) is 21.4 Å². The van der Waals surface area contributed by atoms with Crippen LogP contribution in [0.2, 0.25) is 4.34 Å². The summed E-state index contributed by atoms with van der Waals surface area (Å²) in [6.07, 6.45) is 5.07. The highest BCUT2D eigenvalue weighted by Gasteiger charge is 2.30. The van der Waals surface area contributed by atoms with E-state index in [0.717, 1.165) is 32.4 Å². The van der Waals surface area contributed by atoms with Gasteiger partial charge in [-0.25, -0.2) is 8.42 Å². The Morgan fingerprint density at radius 2 is 2.14 bits per heavy atom. The van der Waals surface area contributed by atoms with Crippen molar-refractivity contribution in [2.24, 2.45) is 0 Å². The third kappa shape index (κ3) is 4.37. The lowest BCUT2D eigenvalue weighted by atomic mass is 10.2. The minimum Gasteiger partial charge on any atom is -0.357 e. The molecule has 7 nitrogen and oxygen atoms in total. The van der Waals surface area contributed by atoms with Crippen LogP contribution in [0.4, 0.5) is 0 Å². The Morgan fingerprint density at radius 1 is 1.31 bits per heavy atom. The zero-order chi connectivity index (χ0) is 20.6. The minimum absolute atomic E-state index is 0.168. The van der Waals surface area contributed by atoms with E-state index < -0.39 is 10.0 Å². The number of hydrogen-bond donors (Lipinski definition) is 1. The number of halogens is 1. The van der Waals surface area contributed by atoms with E-state index in [1.807, 2.05) is 13.0 Å². The summed E-state index contributed by atoms with van der Waals surface area (Å²) in [6.45, 7) is 2.80. The second-order valence-corrected chi connectivity index (χ2v) is 10.4. The van der Waals surface area contributed by atoms with Crippen LogP contribution in [0.3, 0.4) is 0 Å². The van der Waals surface area contributed by atoms with Crippen molar-refractivity contribution in [2.45, 2.75) is 13.5 Å². The van der Waals surface area contributed by atoms with Crippen LogP contribution < -0.4 is 0 Å². The molecule has 1 aliphatic rings. The number of nitrogens with one attached hydrogen (secondary N) is 1. The predicted molar refractivity (Wildman–Crippen MR) is 115 cm³/mol. The number of nitrogens with zero attached hydrogens (tertiary/aromatic N) is 3. The van der Waals surface area contributed by atoms with Gasteiger partial charge in [0.2, 0.25) is 15.9 Å². The van der Waals surface area contributed by atoms with Gasteiger partial charge in [-0.05, 0) is 36.8 Å². The molecule has 4 rings (SSSR count). The SMILES string of the molecule is Cc1cncc2cc(CN3CCN(S(=O)(=O)C=Cc4ccc(Cl)s4)CC3=O)[nH]c12. The van der Waals surface area contributed by atoms with E-state index in [9.17, 15) is 13.2 Å². The fourth-order valence-electron chi connectivity index (χ4n) is 3.27. The van der Waals surface area contributed by atoms with Gasteiger partial charge in [-0.15, -0.1) is 11.3 Å². The number of fused-ring (bicyclic) bond motifs is 1. The first-order valence-corrected chi connectivity index (χ1v) is 11.7. The smallest absolute Gasteiger partial charge is 0.238 e. The van der Waals surface area contributed by atoms with Gasteiger partial charge in [0, 0.05) is 46.8 Å². The minimum atomic E-state index is -3.67. The van der Waals surface area contributed by atoms with Crippen LogP contribution in [0.15, 0.2) is 36.0 Å². The number of pyridine rings is 1. The largest absolute Gasteiger partial charge is 0.357 e. The Kier molecular flexibility index (Phi) is 5.48. The molecule has 3 aromatic rings. The maximum absolute atomic E-state index is 12.6. The van der Waals surface area contributed by atoms with Gasteiger partial charge in [0.1, 0.15) is 0 Å². The fourth-order valence-corrected chi connectivity index (χ4v) is 5.44. The lowest BCUT2D eigenvalue weighted by Crippen LogP contribution is -2.51. The van der Waals surface area contributed by atoms with Crippen LogP contribution in [0.5, 0.6) is 0 Å². The number of piperazine rings is 1. The maximum atomic E-state index is 12.6. The van der Waals surface area contributed by atoms with E-state index in [1.54, 1.807) is 29.4 Å². The van der Waals surface area contributed by atoms with Crippen molar-refractivity contribution in [3.63, 3.8) is 0 Å². The Bertz CT molecular complexity index is 1200. The molecule has 1 saturated heterocycles. The van der Waals surface area contributed by atoms with Crippen LogP contribution in [0.25, 0.3) is 17.0 Å². The summed E-state index contributed by atoms with van der Waals surface area (Å²) >= 11 is 7.16. The quantitative estimate of drug-likeness (QED) is 0.646. The molecule has 0 saturated carbocycles. The second-order valence-electron chi connectivity index (χ2n) is 6.85. The van der Waals surface area contributed by atoms with E-state index in [0.29, 0.717) is 17.4 Å². The monoisotopic (exact) mass is 450 g/mol. The van der Waals surface area contributed by atoms with Crippen molar-refractivity contribution in [2.75, 3.05) is 19.6 Å². The topological polar surface area (TPSA) is 86.4 Å². The number of carbonyl (C=O) groups is 1. The summed E-state index contributed by atoms with van der Waals surface area (Å²) in [4.78, 5) is 22.5. The number of rotatable bonds is 5. The Morgan fingerprint density at radius 3 is 2.83 bits per heavy atom. The number of H-pyrrole nitrogens is 1. The van der Waals surface area contributed by atoms with Gasteiger partial charge >= 0.3 is 0 Å². The number of hydrogen-bond acceptors (Lipinski definition) is 5. The zero-order valence-corrected chi connectivity index (χ0v) is 18.0. The van der Waals surface area contributed by atoms with Crippen molar-refractivity contribution in [1.29, 1.82) is 0 Å². The number of sulfonamides is 1. The third-order valence-corrected chi connectivity index (χ3v) is 7.49. The van der Waals surface area contributed by atoms with E-state index in [-0.39, 0.29) is 19.0 Å². The summed E-state index contributed by atoms with van der Waals surface area (Å²) in [6, 6.07) is 5.43. The van der Waals surface area contributed by atoms with E-state index in [2.05, 4.69) is 9.97 Å². The number of aromatic amines is 1. The van der Waals surface area contributed by atoms with Gasteiger partial charge < -0.3 is 9.88 Å². The van der Waals surface area contributed by atoms with Crippen LogP contribution >= 0.6 is 22.9 Å². The normalized spacial score (nSPS) is 16.3. The molecule has 1 aliphatic heterocycles. The molecule has 152 valence electrons. The van der Waals surface area contributed by atoms with Crippen LogP contribution in [0.1, 0.15) is 16.1 Å². The van der Waals surface area contributed by atoms with Gasteiger partial charge in [-0.1, -0.05) is 11.6 Å². The lowest BCUT2D eigenvalue weighted by Gasteiger charge is -2.32. The summed E-state index contributed by atoms with van der Waals surface area (Å²) < 4.78 is 26.9. The number of amides is 1. The average Bonchev–Trinajstić information content (AvgIpc) is 3.28. The van der Waals surface area contributed by atoms with E-state index in [1.165, 1.54) is 21.7 Å². The fraction of sp³-hybridized carbons (Fsp3) is 0.263. The van der Waals surface area contributed by atoms with Crippen molar-refractivity contribution in [1.82, 2.24) is 19.2 Å². The highest BCUT2D eigenvalue weighted by molar-refractivity contribution is 7.92. The summed E-state index contributed by atoms with van der Waals surface area (Å²) in [7, 11) is -3.67. The molecule has 1 N–H and O–H groups in total. The van der Waals surface area contributed by atoms with Crippen molar-refractivity contribution in [3.8, 4) is 0 Å². The lowest BCUT2D eigenvalue weighted by molar-refractivity contribution is -0.134. The second kappa shape index (κ2) is 7.91. The van der Waals surface area contributed by atoms with Gasteiger partial charge in [0.15, 0.2) is 0 Å². The molecular formula is C19H19ClN4O3S2. The van der Waals surface area contributed by atoms with Crippen LogP contribution in [0, 0.1) is 6.92 Å². The molecule has 0 aromatic carbocycles. The van der Waals surface area contributed by atoms with E-state index in [4.69, 9.17) is 11.6 Å². The Balaban J connectivity index is 1.42. The summed E-state index contributed by atoms with van der Waals surface area (Å²) in [5.74, 6) is -0.221. The molecule has 0 atom stereocenters. The van der Waals surface area contributed by atoms with Crippen molar-refractivity contribution < 1.29 is 13.2 Å². The van der Waals surface area contributed by atoms with Crippen molar-refractivity contribution in [3.05, 3.63) is 56.5 Å². The molecular weight excluding hydrogens is 432 g/mol. The molecule has 10 heteroatoms. The highest BCUT2D eigenvalue weighted by Crippen LogP contribution is 2.24. The van der Waals surface area contributed by atoms with Crippen molar-refractivity contribution >= 4 is 55.8 Å². The van der Waals surface area contributed by atoms with E-state index >= 15 is 0 Å². The zero-order valence-electron chi connectivity index (χ0n) is 15.6. The standard InChI is InChI=1S/C19H19ClN4O3S2/c1-13-9-21-10-14-8-15(22-19(13)14)11-23-5-6-24(12-18(23)25)29(26,27)7-4-16-2-3-17(20)28-16/h2-4,7-10,22H,5-6,11-12H2,1H3. The summed E-state index contributed by atoms with van der Waals surface area (Å²) in [5, 5.41) is 2.12. The van der Waals surface area contributed by atoms with Gasteiger partial charge in [0.05, 0.1) is 22.9 Å². The first-order chi connectivity index (χ1) is 13.8. The molecule has 29 heavy (non-hydrogen) atoms. The first kappa shape index (κ1) is 20.1. The third-order valence-electron chi connectivity index (χ3n) is 4.78. The molecule has 4 heterocycles. The summed E-state index contributed by atoms with van der Waals surface area (Å²) in [5.41, 5.74) is 2.94. The maximum Gasteiger partial charge on any atom is 0.238 e. The molecule has 1 fully saturated rings. The first-order valence-electron chi connectivity index (χ1n) is 8.95. The molecule has 0 radical (unpaired) electrons. The van der Waals surface area contributed by atoms with Gasteiger partial charge in [0.25, 0.3) is 0 Å². The Hall–Kier alpha value is -2.20. The molecule has 0 aliphatic carbocycles. The molecule has 1 amide bonds. The molecule has 0 unspecified atom stereocenters. The highest BCUT2D eigenvalue weighted by atomic mass is 35.5. The van der Waals surface area contributed by atoms with Gasteiger partial charge in [-0.3, -0.25) is 9.78 Å². The number of aromatic nitrogens is 2. The number of thiophene rings is 1. The molecule has 0 bridgehead atoms. The molecule has 0 spiro atoms. The number of aryl methyl sites for hydroxylation is 1. The number of carbonyl (C=O) groups excluding carboxylic acids is 1. The van der Waals surface area contributed by atoms with Crippen LogP contribution in [-0.4, -0.2) is 53.1 Å².